The van der Waals surface area contributed by atoms with Gasteiger partial charge in [0.05, 0.1) is 34.7 Å². The molecular formula is C46H59N5O9S. The molecule has 14 nitrogen and oxygen atoms in total. The Labute approximate surface area is 361 Å². The molecular weight excluding hydrogens is 799 g/mol. The molecule has 3 unspecified atom stereocenters. The lowest BCUT2D eigenvalue weighted by atomic mass is 9.51. The molecule has 6 saturated heterocycles. The molecule has 6 fully saturated rings. The van der Waals surface area contributed by atoms with E-state index < -0.39 is 32.9 Å². The number of fused-ring (bicyclic) bond motifs is 3. The summed E-state index contributed by atoms with van der Waals surface area (Å²) in [5.74, 6) is -0.0510. The summed E-state index contributed by atoms with van der Waals surface area (Å²) in [5.41, 5.74) is -4.01. The number of carbonyl (C=O) groups is 5. The summed E-state index contributed by atoms with van der Waals surface area (Å²) in [4.78, 5) is 79.6. The number of ketones is 1. The molecule has 0 aromatic heterocycles. The Morgan fingerprint density at radius 3 is 2.62 bits per heavy atom. The second kappa shape index (κ2) is 16.9. The molecule has 8 aliphatic rings. The van der Waals surface area contributed by atoms with Gasteiger partial charge in [0.15, 0.2) is 5.78 Å². The van der Waals surface area contributed by atoms with Crippen LogP contribution in [-0.2, 0) is 23.9 Å². The van der Waals surface area contributed by atoms with E-state index in [1.54, 1.807) is 37.0 Å². The first-order valence-corrected chi connectivity index (χ1v) is 23.4. The van der Waals surface area contributed by atoms with E-state index in [2.05, 4.69) is 28.1 Å². The summed E-state index contributed by atoms with van der Waals surface area (Å²) in [7, 11) is 0. The number of piperazine rings is 1. The van der Waals surface area contributed by atoms with Crippen LogP contribution in [0, 0.1) is 21.4 Å². The first kappa shape index (κ1) is 43.0. The van der Waals surface area contributed by atoms with Gasteiger partial charge in [-0.25, -0.2) is 4.79 Å². The second-order valence-electron chi connectivity index (χ2n) is 18.8. The number of hydrogen-bond acceptors (Lipinski definition) is 10. The highest BCUT2D eigenvalue weighted by molar-refractivity contribution is 8.00. The normalized spacial score (nSPS) is 31.5. The van der Waals surface area contributed by atoms with Gasteiger partial charge in [-0.2, -0.15) is 11.8 Å². The van der Waals surface area contributed by atoms with E-state index in [-0.39, 0.29) is 64.1 Å². The van der Waals surface area contributed by atoms with Crippen molar-refractivity contribution in [1.29, 1.82) is 0 Å². The van der Waals surface area contributed by atoms with Crippen molar-refractivity contribution in [2.45, 2.75) is 151 Å². The van der Waals surface area contributed by atoms with Crippen molar-refractivity contribution in [2.75, 3.05) is 18.9 Å². The highest BCUT2D eigenvalue weighted by atomic mass is 32.2. The SMILES string of the molecule is CC1(C/C=C/CCCCCCCCOC(=O)CCCC[C@@H]2SC[C@@H]3NC(=O)N[C@@H]32)C=Cc2c(ccc(C3=CC45NC(=O)[C@@]6(CCCN6C4=O)CC5C(C)(C)C3=O)c2[N+](=O)[O-])O1. The minimum absolute atomic E-state index is 0.0688. The summed E-state index contributed by atoms with van der Waals surface area (Å²) >= 11 is 1.90. The number of urea groups is 1. The van der Waals surface area contributed by atoms with E-state index in [9.17, 15) is 34.1 Å². The molecule has 1 aliphatic carbocycles. The largest absolute Gasteiger partial charge is 0.482 e. The van der Waals surface area contributed by atoms with Crippen LogP contribution in [0.5, 0.6) is 5.75 Å². The number of hydrogen-bond donors (Lipinski definition) is 3. The third-order valence-corrected chi connectivity index (χ3v) is 15.9. The number of allylic oxidation sites excluding steroid dienone is 2. The van der Waals surface area contributed by atoms with Crippen molar-refractivity contribution in [3.8, 4) is 5.75 Å². The molecule has 7 aliphatic heterocycles. The van der Waals surface area contributed by atoms with Gasteiger partial charge in [0.2, 0.25) is 5.91 Å². The van der Waals surface area contributed by atoms with Crippen LogP contribution in [0.25, 0.3) is 11.6 Å². The molecule has 1 aromatic carbocycles. The zero-order valence-corrected chi connectivity index (χ0v) is 36.4. The standard InChI is InChI=1S/C46H59N5O9S/c1-43(2)35-27-45-22-15-24-50(45)41(55)46(35,49-40(45)54)26-31(39(43)53)29-18-19-33-30(38(29)51(57)58)20-23-44(3,60-33)21-13-9-7-5-4-6-8-10-14-25-59-36(52)17-12-11-16-34-37-32(28-61-34)47-42(56)48-37/h9,13,18-20,23,26,32,34-35,37H,4-8,10-12,14-17,21-22,24-25,27-28H2,1-3H3,(H,49,54)(H2,47,48,56)/b13-9+/t32-,34-,35?,37-,44?,45+,46?/m0/s1. The molecule has 0 radical (unpaired) electrons. The highest BCUT2D eigenvalue weighted by Gasteiger charge is 2.73. The predicted molar refractivity (Wildman–Crippen MR) is 232 cm³/mol. The number of unbranched alkanes of at least 4 members (excludes halogenated alkanes) is 7. The molecule has 7 heterocycles. The molecule has 2 spiro atoms. The second-order valence-corrected chi connectivity index (χ2v) is 20.1. The van der Waals surface area contributed by atoms with Gasteiger partial charge >= 0.3 is 12.0 Å². The van der Waals surface area contributed by atoms with Crippen LogP contribution in [0.3, 0.4) is 0 Å². The minimum atomic E-state index is -1.45. The fourth-order valence-electron chi connectivity index (χ4n) is 11.0. The Kier molecular flexibility index (Phi) is 11.9. The molecule has 0 saturated carbocycles. The van der Waals surface area contributed by atoms with Crippen LogP contribution in [0.1, 0.15) is 128 Å². The maximum absolute atomic E-state index is 14.3. The van der Waals surface area contributed by atoms with E-state index >= 15 is 0 Å². The molecule has 3 N–H and O–H groups in total. The number of nitrogens with one attached hydrogen (secondary N) is 3. The molecule has 15 heteroatoms. The number of carbonyl (C=O) groups excluding carboxylic acids is 5. The maximum atomic E-state index is 14.3. The van der Waals surface area contributed by atoms with Gasteiger partial charge in [-0.1, -0.05) is 58.1 Å². The van der Waals surface area contributed by atoms with E-state index in [1.165, 1.54) is 6.08 Å². The van der Waals surface area contributed by atoms with Gasteiger partial charge < -0.3 is 30.3 Å². The van der Waals surface area contributed by atoms with Crippen molar-refractivity contribution >= 4 is 58.7 Å². The van der Waals surface area contributed by atoms with Gasteiger partial charge in [-0.05, 0) is 88.7 Å². The van der Waals surface area contributed by atoms with Crippen LogP contribution in [0.4, 0.5) is 10.5 Å². The number of nitro groups is 1. The zero-order valence-electron chi connectivity index (χ0n) is 35.6. The predicted octanol–water partition coefficient (Wildman–Crippen LogP) is 6.95. The number of nitrogens with zero attached hydrogens (tertiary/aromatic N) is 2. The summed E-state index contributed by atoms with van der Waals surface area (Å²) in [6.45, 7) is 6.45. The lowest BCUT2D eigenvalue weighted by molar-refractivity contribution is -0.385. The summed E-state index contributed by atoms with van der Waals surface area (Å²) in [5, 5.41) is 22.2. The van der Waals surface area contributed by atoms with Crippen LogP contribution < -0.4 is 20.7 Å². The Morgan fingerprint density at radius 1 is 1.03 bits per heavy atom. The third-order valence-electron chi connectivity index (χ3n) is 14.4. The van der Waals surface area contributed by atoms with Crippen LogP contribution in [0.2, 0.25) is 0 Å². The number of thioether (sulfide) groups is 1. The number of nitro benzene ring substituents is 1. The van der Waals surface area contributed by atoms with Gasteiger partial charge in [0, 0.05) is 47.3 Å². The van der Waals surface area contributed by atoms with E-state index in [0.29, 0.717) is 56.3 Å². The van der Waals surface area contributed by atoms with Crippen LogP contribution in [0.15, 0.2) is 36.4 Å². The minimum Gasteiger partial charge on any atom is -0.482 e. The molecule has 4 amide bonds. The molecule has 9 rings (SSSR count). The Bertz CT molecular complexity index is 2080. The fraction of sp³-hybridized carbons (Fsp3) is 0.630. The zero-order chi connectivity index (χ0) is 43.2. The third kappa shape index (κ3) is 7.88. The quantitative estimate of drug-likeness (QED) is 0.0349. The van der Waals surface area contributed by atoms with Crippen LogP contribution in [-0.4, -0.2) is 92.3 Å². The van der Waals surface area contributed by atoms with Crippen molar-refractivity contribution in [3.05, 3.63) is 57.7 Å². The van der Waals surface area contributed by atoms with Crippen LogP contribution >= 0.6 is 11.8 Å². The molecule has 7 atom stereocenters. The van der Waals surface area contributed by atoms with E-state index in [1.807, 2.05) is 24.8 Å². The lowest BCUT2D eigenvalue weighted by Crippen LogP contribution is -2.83. The van der Waals surface area contributed by atoms with Gasteiger partial charge in [-0.3, -0.25) is 29.3 Å². The number of ether oxygens (including phenoxy) is 2. The average Bonchev–Trinajstić information content (AvgIpc) is 3.94. The van der Waals surface area contributed by atoms with Crippen molar-refractivity contribution in [2.24, 2.45) is 11.3 Å². The highest BCUT2D eigenvalue weighted by Crippen LogP contribution is 2.59. The van der Waals surface area contributed by atoms with E-state index in [0.717, 1.165) is 70.0 Å². The number of benzene rings is 1. The van der Waals surface area contributed by atoms with E-state index in [4.69, 9.17) is 9.47 Å². The van der Waals surface area contributed by atoms with Crippen molar-refractivity contribution < 1.29 is 38.4 Å². The van der Waals surface area contributed by atoms with Gasteiger partial charge in [-0.15, -0.1) is 0 Å². The number of piperidine rings is 2. The Balaban J connectivity index is 0.768. The number of Topliss-reactive ketones (excluding diaryl/α,β-unsaturated/α-hetero) is 1. The summed E-state index contributed by atoms with van der Waals surface area (Å²) < 4.78 is 11.8. The Hall–Kier alpha value is -4.66. The van der Waals surface area contributed by atoms with Crippen molar-refractivity contribution in [3.63, 3.8) is 0 Å². The van der Waals surface area contributed by atoms with Gasteiger partial charge in [0.25, 0.3) is 11.6 Å². The first-order chi connectivity index (χ1) is 29.2. The molecule has 328 valence electrons. The van der Waals surface area contributed by atoms with Gasteiger partial charge in [0.1, 0.15) is 22.4 Å². The summed E-state index contributed by atoms with van der Waals surface area (Å²) in [6.07, 6.45) is 21.9. The molecule has 2 bridgehead atoms. The Morgan fingerprint density at radius 2 is 1.82 bits per heavy atom. The van der Waals surface area contributed by atoms with Crippen molar-refractivity contribution in [1.82, 2.24) is 20.9 Å². The summed E-state index contributed by atoms with van der Waals surface area (Å²) in [6, 6.07) is 3.57. The first-order valence-electron chi connectivity index (χ1n) is 22.3. The topological polar surface area (TPSA) is 186 Å². The molecule has 1 aromatic rings. The smallest absolute Gasteiger partial charge is 0.315 e. The number of amides is 4. The fourth-order valence-corrected chi connectivity index (χ4v) is 12.5. The number of rotatable bonds is 18. The molecule has 61 heavy (non-hydrogen) atoms. The lowest BCUT2D eigenvalue weighted by Gasteiger charge is -2.62. The number of esters is 1. The monoisotopic (exact) mass is 857 g/mol. The average molecular weight is 858 g/mol. The maximum Gasteiger partial charge on any atom is 0.315 e.